The molecule has 0 saturated carbocycles. The van der Waals surface area contributed by atoms with Crippen LogP contribution < -0.4 is 0 Å². The van der Waals surface area contributed by atoms with Gasteiger partial charge in [0.1, 0.15) is 0 Å². The van der Waals surface area contributed by atoms with Crippen LogP contribution in [0.25, 0.3) is 0 Å². The lowest BCUT2D eigenvalue weighted by molar-refractivity contribution is 0.220. The Morgan fingerprint density at radius 2 is 1.71 bits per heavy atom. The van der Waals surface area contributed by atoms with Crippen molar-refractivity contribution in [3.63, 3.8) is 0 Å². The third-order valence-electron chi connectivity index (χ3n) is 0.209. The van der Waals surface area contributed by atoms with Gasteiger partial charge in [-0.25, -0.2) is 4.79 Å². The summed E-state index contributed by atoms with van der Waals surface area (Å²) < 4.78 is 19.0. The second-order valence-electron chi connectivity index (χ2n) is 0.704. The zero-order valence-electron chi connectivity index (χ0n) is 2.96. The van der Waals surface area contributed by atoms with E-state index in [0.717, 1.165) is 0 Å². The van der Waals surface area contributed by atoms with Crippen LogP contribution in [0.15, 0.2) is 0 Å². The van der Waals surface area contributed by atoms with Crippen LogP contribution in [-0.4, -0.2) is 18.8 Å². The first kappa shape index (κ1) is 6.71. The Bertz CT molecular complexity index is 166. The van der Waals surface area contributed by atoms with E-state index in [1.54, 1.807) is 0 Å². The van der Waals surface area contributed by atoms with Gasteiger partial charge < -0.3 is 5.11 Å². The molecule has 0 heterocycles. The van der Waals surface area contributed by atoms with E-state index in [2.05, 4.69) is 10.7 Å². The van der Waals surface area contributed by atoms with E-state index in [1.807, 2.05) is 0 Å². The molecule has 0 amide bonds. The van der Waals surface area contributed by atoms with E-state index in [-0.39, 0.29) is 0 Å². The molecule has 0 bridgehead atoms. The largest absolute Gasteiger partial charge is 0.469 e. The highest BCUT2D eigenvalue weighted by Gasteiger charge is 2.14. The average molecular weight is 145 g/mol. The Balaban J connectivity index is 4.43. The summed E-state index contributed by atoms with van der Waals surface area (Å²) >= 11 is 0. The smallest absolute Gasteiger partial charge is 0.437 e. The van der Waals surface area contributed by atoms with Gasteiger partial charge in [-0.1, -0.05) is 0 Å². The fraction of sp³-hybridized carbons (Fsp3) is 0. The van der Waals surface area contributed by atoms with Crippen LogP contribution >= 0.6 is 10.7 Å². The molecule has 0 unspecified atom stereocenters. The maximum Gasteiger partial charge on any atom is 0.437 e. The molecule has 0 atom stereocenters. The van der Waals surface area contributed by atoms with Crippen LogP contribution in [0.5, 0.6) is 0 Å². The molecule has 0 rings (SSSR count). The third kappa shape index (κ3) is 2.41. The molecule has 42 valence electrons. The summed E-state index contributed by atoms with van der Waals surface area (Å²) in [5.74, 6) is 0. The molecule has 1 N–H and O–H groups in total. The molecule has 0 aliphatic rings. The minimum atomic E-state index is -4.35. The molecular formula is CHClO4S. The molecule has 0 aromatic heterocycles. The van der Waals surface area contributed by atoms with Gasteiger partial charge in [0.25, 0.3) is 0 Å². The summed E-state index contributed by atoms with van der Waals surface area (Å²) in [5, 5.41) is 5.51. The highest BCUT2D eigenvalue weighted by molar-refractivity contribution is 8.25. The van der Waals surface area contributed by atoms with Gasteiger partial charge in [-0.05, 0) is 0 Å². The molecule has 4 nitrogen and oxygen atoms in total. The number of halogens is 1. The molecule has 0 aliphatic heterocycles. The summed E-state index contributed by atoms with van der Waals surface area (Å²) in [5.41, 5.74) is 0. The topological polar surface area (TPSA) is 71.4 Å². The average Bonchev–Trinajstić information content (AvgIpc) is 1.31. The summed E-state index contributed by atoms with van der Waals surface area (Å²) in [6.07, 6.45) is 0. The minimum Gasteiger partial charge on any atom is -0.469 e. The van der Waals surface area contributed by atoms with Gasteiger partial charge in [0.2, 0.25) is 0 Å². The van der Waals surface area contributed by atoms with E-state index < -0.39 is 14.4 Å². The van der Waals surface area contributed by atoms with Crippen LogP contribution in [-0.2, 0) is 9.05 Å². The molecule has 0 saturated heterocycles. The minimum absolute atomic E-state index is 2.02. The first-order chi connectivity index (χ1) is 2.94. The van der Waals surface area contributed by atoms with Gasteiger partial charge in [0.15, 0.2) is 0 Å². The number of carbonyl (C=O) groups is 1. The van der Waals surface area contributed by atoms with E-state index in [4.69, 9.17) is 5.11 Å². The summed E-state index contributed by atoms with van der Waals surface area (Å²) in [6.45, 7) is 0. The Hall–Kier alpha value is -0.290. The van der Waals surface area contributed by atoms with Crippen molar-refractivity contribution in [2.24, 2.45) is 0 Å². The molecule has 0 aromatic carbocycles. The van der Waals surface area contributed by atoms with Crippen molar-refractivity contribution in [2.75, 3.05) is 0 Å². The van der Waals surface area contributed by atoms with E-state index in [9.17, 15) is 13.2 Å². The summed E-state index contributed by atoms with van der Waals surface area (Å²) in [6, 6.07) is 0. The zero-order valence-corrected chi connectivity index (χ0v) is 4.53. The van der Waals surface area contributed by atoms with E-state index in [1.165, 1.54) is 0 Å². The number of carboxylic acid groups (broad SMARTS) is 1. The molecular weight excluding hydrogens is 144 g/mol. The van der Waals surface area contributed by atoms with Crippen molar-refractivity contribution in [3.05, 3.63) is 0 Å². The second kappa shape index (κ2) is 1.67. The SMILES string of the molecule is O=C(O)S(=O)(=O)Cl. The number of hydrogen-bond acceptors (Lipinski definition) is 3. The van der Waals surface area contributed by atoms with Crippen LogP contribution in [0.3, 0.4) is 0 Å². The van der Waals surface area contributed by atoms with Crippen molar-refractivity contribution in [3.8, 4) is 0 Å². The quantitative estimate of drug-likeness (QED) is 0.494. The fourth-order valence-electron chi connectivity index (χ4n) is 0. The first-order valence-electron chi connectivity index (χ1n) is 1.12. The van der Waals surface area contributed by atoms with Crippen LogP contribution in [0.4, 0.5) is 4.79 Å². The molecule has 0 aromatic rings. The molecule has 0 fully saturated rings. The predicted octanol–water partition coefficient (Wildman–Crippen LogP) is 0.233. The Morgan fingerprint density at radius 3 is 1.71 bits per heavy atom. The highest BCUT2D eigenvalue weighted by atomic mass is 35.7. The lowest BCUT2D eigenvalue weighted by Crippen LogP contribution is -2.01. The maximum absolute atomic E-state index is 9.50. The summed E-state index contributed by atoms with van der Waals surface area (Å²) in [4.78, 5) is 9.30. The fourth-order valence-corrected chi connectivity index (χ4v) is 0. The summed E-state index contributed by atoms with van der Waals surface area (Å²) in [7, 11) is -0.111. The van der Waals surface area contributed by atoms with Gasteiger partial charge in [0.05, 0.1) is 0 Å². The monoisotopic (exact) mass is 144 g/mol. The third-order valence-corrected chi connectivity index (χ3v) is 1.02. The standard InChI is InChI=1S/CHClO4S/c2-7(5,6)1(3)4/h(H,3,4). The van der Waals surface area contributed by atoms with Crippen molar-refractivity contribution in [1.29, 1.82) is 0 Å². The normalized spacial score (nSPS) is 11.0. The van der Waals surface area contributed by atoms with Crippen LogP contribution in [0.2, 0.25) is 0 Å². The Labute approximate surface area is 44.1 Å². The Kier molecular flexibility index (Phi) is 1.60. The number of rotatable bonds is 0. The van der Waals surface area contributed by atoms with Crippen molar-refractivity contribution >= 4 is 25.0 Å². The second-order valence-corrected chi connectivity index (χ2v) is 3.15. The lowest BCUT2D eigenvalue weighted by atomic mass is 11.6. The van der Waals surface area contributed by atoms with Crippen LogP contribution in [0.1, 0.15) is 0 Å². The molecule has 0 aliphatic carbocycles. The Morgan fingerprint density at radius 1 is 1.57 bits per heavy atom. The van der Waals surface area contributed by atoms with Gasteiger partial charge >= 0.3 is 14.4 Å². The van der Waals surface area contributed by atoms with E-state index >= 15 is 0 Å². The molecule has 0 spiro atoms. The van der Waals surface area contributed by atoms with Gasteiger partial charge in [0, 0.05) is 10.7 Å². The zero-order chi connectivity index (χ0) is 6.08. The van der Waals surface area contributed by atoms with Crippen molar-refractivity contribution < 1.29 is 18.3 Å². The number of hydrogen-bond donors (Lipinski definition) is 1. The lowest BCUT2D eigenvalue weighted by Gasteiger charge is -1.76. The highest BCUT2D eigenvalue weighted by Crippen LogP contribution is 1.94. The first-order valence-corrected chi connectivity index (χ1v) is 3.43. The molecule has 6 heteroatoms. The maximum atomic E-state index is 9.50. The van der Waals surface area contributed by atoms with Crippen molar-refractivity contribution in [1.82, 2.24) is 0 Å². The van der Waals surface area contributed by atoms with E-state index in [0.29, 0.717) is 0 Å². The van der Waals surface area contributed by atoms with Gasteiger partial charge in [-0.3, -0.25) is 0 Å². The van der Waals surface area contributed by atoms with Gasteiger partial charge in [-0.2, -0.15) is 8.42 Å². The molecule has 7 heavy (non-hydrogen) atoms. The predicted molar refractivity (Wildman–Crippen MR) is 22.8 cm³/mol. The molecule has 0 radical (unpaired) electrons. The van der Waals surface area contributed by atoms with Crippen molar-refractivity contribution in [2.45, 2.75) is 0 Å². The van der Waals surface area contributed by atoms with Crippen LogP contribution in [0, 0.1) is 0 Å². The van der Waals surface area contributed by atoms with Gasteiger partial charge in [-0.15, -0.1) is 0 Å².